The maximum absolute atomic E-state index is 13.3. The summed E-state index contributed by atoms with van der Waals surface area (Å²) in [5.74, 6) is 0.653. The minimum atomic E-state index is -4.51. The molecule has 1 amide bonds. The summed E-state index contributed by atoms with van der Waals surface area (Å²) in [5.41, 5.74) is 0.863. The molecule has 172 valence electrons. The second kappa shape index (κ2) is 10.6. The average molecular weight is 520 g/mol. The predicted molar refractivity (Wildman–Crippen MR) is 125 cm³/mol. The standard InChI is InChI=1S/C25H21BrF3NO3/c1-32-19-10-7-16(8-11-19)15-30-24(31)21(20-5-3-4-6-23(20)33-2)14-17-13-18(25(27,28)29)9-12-22(17)26/h3-14H,15H2,1-2H3,(H,30,31). The van der Waals surface area contributed by atoms with Crippen LogP contribution in [0.2, 0.25) is 0 Å². The number of carbonyl (C=O) groups excluding carboxylic acids is 1. The van der Waals surface area contributed by atoms with E-state index in [1.54, 1.807) is 43.5 Å². The first kappa shape index (κ1) is 24.4. The van der Waals surface area contributed by atoms with Crippen molar-refractivity contribution in [2.45, 2.75) is 12.7 Å². The molecule has 0 unspecified atom stereocenters. The Labute approximate surface area is 198 Å². The monoisotopic (exact) mass is 519 g/mol. The summed E-state index contributed by atoms with van der Waals surface area (Å²) in [6, 6.07) is 17.3. The molecule has 0 aliphatic rings. The molecule has 0 atom stereocenters. The van der Waals surface area contributed by atoms with Gasteiger partial charge in [-0.25, -0.2) is 0 Å². The Morgan fingerprint density at radius 1 is 1.00 bits per heavy atom. The van der Waals surface area contributed by atoms with Crippen molar-refractivity contribution in [3.8, 4) is 11.5 Å². The highest BCUT2D eigenvalue weighted by molar-refractivity contribution is 9.10. The van der Waals surface area contributed by atoms with Gasteiger partial charge in [0.2, 0.25) is 0 Å². The number of carbonyl (C=O) groups is 1. The Morgan fingerprint density at radius 2 is 1.70 bits per heavy atom. The molecule has 0 saturated heterocycles. The summed E-state index contributed by atoms with van der Waals surface area (Å²) in [7, 11) is 3.03. The first-order valence-corrected chi connectivity index (χ1v) is 10.6. The van der Waals surface area contributed by atoms with E-state index in [0.717, 1.165) is 17.7 Å². The minimum absolute atomic E-state index is 0.168. The van der Waals surface area contributed by atoms with Crippen LogP contribution in [0, 0.1) is 0 Å². The van der Waals surface area contributed by atoms with E-state index >= 15 is 0 Å². The van der Waals surface area contributed by atoms with Crippen LogP contribution in [0.25, 0.3) is 11.6 Å². The molecule has 8 heteroatoms. The Kier molecular flexibility index (Phi) is 7.81. The van der Waals surface area contributed by atoms with Crippen LogP contribution in [-0.2, 0) is 17.5 Å². The molecule has 0 fully saturated rings. The molecule has 3 rings (SSSR count). The van der Waals surface area contributed by atoms with Gasteiger partial charge in [0.1, 0.15) is 11.5 Å². The summed E-state index contributed by atoms with van der Waals surface area (Å²) >= 11 is 3.29. The summed E-state index contributed by atoms with van der Waals surface area (Å²) in [4.78, 5) is 13.2. The highest BCUT2D eigenvalue weighted by Crippen LogP contribution is 2.34. The summed E-state index contributed by atoms with van der Waals surface area (Å²) in [5, 5.41) is 2.83. The quantitative estimate of drug-likeness (QED) is 0.292. The first-order valence-electron chi connectivity index (χ1n) is 9.86. The zero-order valence-electron chi connectivity index (χ0n) is 17.9. The third-order valence-electron chi connectivity index (χ3n) is 4.88. The molecule has 0 heterocycles. The number of nitrogens with one attached hydrogen (secondary N) is 1. The van der Waals surface area contributed by atoms with Crippen molar-refractivity contribution in [1.29, 1.82) is 0 Å². The van der Waals surface area contributed by atoms with Gasteiger partial charge in [-0.2, -0.15) is 13.2 Å². The highest BCUT2D eigenvalue weighted by atomic mass is 79.9. The third kappa shape index (κ3) is 6.16. The molecule has 0 aliphatic heterocycles. The number of alkyl halides is 3. The van der Waals surface area contributed by atoms with Crippen molar-refractivity contribution in [3.05, 3.63) is 93.5 Å². The zero-order chi connectivity index (χ0) is 24.0. The minimum Gasteiger partial charge on any atom is -0.497 e. The van der Waals surface area contributed by atoms with Crippen LogP contribution in [0.5, 0.6) is 11.5 Å². The second-order valence-corrected chi connectivity index (χ2v) is 7.88. The molecular weight excluding hydrogens is 499 g/mol. The molecular formula is C25H21BrF3NO3. The number of amides is 1. The van der Waals surface area contributed by atoms with Crippen molar-refractivity contribution in [2.75, 3.05) is 14.2 Å². The number of halogens is 4. The van der Waals surface area contributed by atoms with Crippen LogP contribution in [0.15, 0.2) is 71.2 Å². The van der Waals surface area contributed by atoms with Crippen molar-refractivity contribution in [1.82, 2.24) is 5.32 Å². The molecule has 0 aromatic heterocycles. The average Bonchev–Trinajstić information content (AvgIpc) is 2.81. The lowest BCUT2D eigenvalue weighted by Crippen LogP contribution is -2.24. The van der Waals surface area contributed by atoms with E-state index in [0.29, 0.717) is 21.5 Å². The molecule has 33 heavy (non-hydrogen) atoms. The van der Waals surface area contributed by atoms with Gasteiger partial charge < -0.3 is 14.8 Å². The fourth-order valence-corrected chi connectivity index (χ4v) is 3.50. The Morgan fingerprint density at radius 3 is 2.33 bits per heavy atom. The number of para-hydroxylation sites is 1. The summed E-state index contributed by atoms with van der Waals surface area (Å²) in [6.07, 6.45) is -3.09. The van der Waals surface area contributed by atoms with Gasteiger partial charge in [-0.1, -0.05) is 46.3 Å². The van der Waals surface area contributed by atoms with Crippen molar-refractivity contribution >= 4 is 33.5 Å². The van der Waals surface area contributed by atoms with Crippen LogP contribution < -0.4 is 14.8 Å². The molecule has 0 aliphatic carbocycles. The normalized spacial score (nSPS) is 11.8. The third-order valence-corrected chi connectivity index (χ3v) is 5.60. The molecule has 3 aromatic rings. The van der Waals surface area contributed by atoms with E-state index in [1.807, 2.05) is 12.1 Å². The SMILES string of the molecule is COc1ccc(CNC(=O)C(=Cc2cc(C(F)(F)F)ccc2Br)c2ccccc2OC)cc1. The largest absolute Gasteiger partial charge is 0.497 e. The topological polar surface area (TPSA) is 47.6 Å². The van der Waals surface area contributed by atoms with Gasteiger partial charge >= 0.3 is 6.18 Å². The molecule has 0 saturated carbocycles. The molecule has 0 spiro atoms. The van der Waals surface area contributed by atoms with E-state index in [-0.39, 0.29) is 17.7 Å². The van der Waals surface area contributed by atoms with Crippen LogP contribution in [0.4, 0.5) is 13.2 Å². The van der Waals surface area contributed by atoms with Crippen molar-refractivity contribution < 1.29 is 27.4 Å². The Balaban J connectivity index is 2.00. The summed E-state index contributed by atoms with van der Waals surface area (Å²) in [6.45, 7) is 0.221. The van der Waals surface area contributed by atoms with Gasteiger partial charge in [-0.05, 0) is 53.6 Å². The van der Waals surface area contributed by atoms with E-state index < -0.39 is 17.6 Å². The number of methoxy groups -OCH3 is 2. The number of rotatable bonds is 7. The number of hydrogen-bond acceptors (Lipinski definition) is 3. The number of hydrogen-bond donors (Lipinski definition) is 1. The highest BCUT2D eigenvalue weighted by Gasteiger charge is 2.31. The van der Waals surface area contributed by atoms with Gasteiger partial charge in [0, 0.05) is 16.6 Å². The van der Waals surface area contributed by atoms with Gasteiger partial charge in [0.05, 0.1) is 25.4 Å². The molecule has 4 nitrogen and oxygen atoms in total. The lowest BCUT2D eigenvalue weighted by Gasteiger charge is -2.14. The van der Waals surface area contributed by atoms with E-state index in [9.17, 15) is 18.0 Å². The maximum Gasteiger partial charge on any atom is 0.416 e. The van der Waals surface area contributed by atoms with Gasteiger partial charge in [0.25, 0.3) is 5.91 Å². The second-order valence-electron chi connectivity index (χ2n) is 7.02. The fourth-order valence-electron chi connectivity index (χ4n) is 3.14. The number of ether oxygens (including phenoxy) is 2. The van der Waals surface area contributed by atoms with Gasteiger partial charge in [0.15, 0.2) is 0 Å². The summed E-state index contributed by atoms with van der Waals surface area (Å²) < 4.78 is 50.7. The molecule has 0 bridgehead atoms. The predicted octanol–water partition coefficient (Wildman–Crippen LogP) is 6.34. The van der Waals surface area contributed by atoms with Crippen LogP contribution in [-0.4, -0.2) is 20.1 Å². The van der Waals surface area contributed by atoms with Crippen molar-refractivity contribution in [2.24, 2.45) is 0 Å². The lowest BCUT2D eigenvalue weighted by molar-refractivity contribution is -0.137. The van der Waals surface area contributed by atoms with E-state index in [4.69, 9.17) is 9.47 Å². The molecule has 0 radical (unpaired) electrons. The van der Waals surface area contributed by atoms with Gasteiger partial charge in [-0.3, -0.25) is 4.79 Å². The van der Waals surface area contributed by atoms with Crippen LogP contribution in [0.3, 0.4) is 0 Å². The lowest BCUT2D eigenvalue weighted by atomic mass is 9.99. The van der Waals surface area contributed by atoms with Gasteiger partial charge in [-0.15, -0.1) is 0 Å². The Hall–Kier alpha value is -3.26. The van der Waals surface area contributed by atoms with E-state index in [1.165, 1.54) is 19.3 Å². The fraction of sp³-hybridized carbons (Fsp3) is 0.160. The van der Waals surface area contributed by atoms with Crippen LogP contribution in [0.1, 0.15) is 22.3 Å². The maximum atomic E-state index is 13.3. The van der Waals surface area contributed by atoms with E-state index in [2.05, 4.69) is 21.2 Å². The smallest absolute Gasteiger partial charge is 0.416 e. The van der Waals surface area contributed by atoms with Crippen LogP contribution >= 0.6 is 15.9 Å². The van der Waals surface area contributed by atoms with Crippen molar-refractivity contribution in [3.63, 3.8) is 0 Å². The first-order chi connectivity index (χ1) is 15.7. The number of benzene rings is 3. The Bertz CT molecular complexity index is 1160. The zero-order valence-corrected chi connectivity index (χ0v) is 19.5. The molecule has 3 aromatic carbocycles. The molecule has 1 N–H and O–H groups in total.